The first kappa shape index (κ1) is 7.39. The molecule has 98 valence electrons. The van der Waals surface area contributed by atoms with E-state index in [2.05, 4.69) is 4.98 Å². The summed E-state index contributed by atoms with van der Waals surface area (Å²) in [6, 6.07) is 17.5. The Bertz CT molecular complexity index is 910. The zero-order chi connectivity index (χ0) is 18.9. The Hall–Kier alpha value is -2.41. The van der Waals surface area contributed by atoms with E-state index in [1.54, 1.807) is 36.4 Å². The molecule has 1 heterocycles. The first-order valence-corrected chi connectivity index (χ1v) is 6.33. The lowest BCUT2D eigenvalue weighted by Crippen LogP contribution is -1.86. The van der Waals surface area contributed by atoms with Crippen molar-refractivity contribution >= 4 is 0 Å². The van der Waals surface area contributed by atoms with Crippen LogP contribution in [-0.4, -0.2) is 4.98 Å². The van der Waals surface area contributed by atoms with Gasteiger partial charge in [0.2, 0.25) is 0 Å². The van der Waals surface area contributed by atoms with Crippen LogP contribution in [0.25, 0.3) is 22.4 Å². The summed E-state index contributed by atoms with van der Waals surface area (Å²) in [6.07, 6.45) is 1.35. The highest BCUT2D eigenvalue weighted by atomic mass is 14.7. The zero-order valence-electron chi connectivity index (χ0n) is 16.8. The van der Waals surface area contributed by atoms with Gasteiger partial charge >= 0.3 is 0 Å². The van der Waals surface area contributed by atoms with E-state index in [-0.39, 0.29) is 5.56 Å². The summed E-state index contributed by atoms with van der Waals surface area (Å²) in [5.74, 6) is 0. The average Bonchev–Trinajstić information content (AvgIpc) is 2.60. The molecule has 0 aliphatic carbocycles. The smallest absolute Gasteiger partial charge is 0.0702 e. The number of hydrogen-bond donors (Lipinski definition) is 0. The Kier molecular flexibility index (Phi) is 1.96. The third-order valence-electron chi connectivity index (χ3n) is 3.16. The fraction of sp³-hybridized carbons (Fsp3) is 0.105. The Balaban J connectivity index is 2.03. The molecule has 1 aromatic heterocycles. The lowest BCUT2D eigenvalue weighted by atomic mass is 9.98. The van der Waals surface area contributed by atoms with Gasteiger partial charge in [-0.15, -0.1) is 0 Å². The summed E-state index contributed by atoms with van der Waals surface area (Å²) < 4.78 is 45.4. The zero-order valence-corrected chi connectivity index (χ0v) is 10.8. The number of benzene rings is 2. The molecule has 0 aliphatic heterocycles. The molecule has 0 unspecified atom stereocenters. The van der Waals surface area contributed by atoms with Crippen molar-refractivity contribution in [2.45, 2.75) is 13.7 Å². The van der Waals surface area contributed by atoms with Crippen molar-refractivity contribution in [3.63, 3.8) is 0 Å². The van der Waals surface area contributed by atoms with Gasteiger partial charge in [-0.3, -0.25) is 4.98 Å². The van der Waals surface area contributed by atoms with Crippen molar-refractivity contribution in [2.24, 2.45) is 0 Å². The number of rotatable bonds is 2. The summed E-state index contributed by atoms with van der Waals surface area (Å²) in [4.78, 5) is 4.25. The van der Waals surface area contributed by atoms with E-state index in [0.29, 0.717) is 16.8 Å². The van der Waals surface area contributed by atoms with E-state index in [1.165, 1.54) is 6.20 Å². The number of aryl methyl sites for hydroxylation is 2. The molecule has 20 heavy (non-hydrogen) atoms. The van der Waals surface area contributed by atoms with Crippen molar-refractivity contribution in [1.82, 2.24) is 4.98 Å². The van der Waals surface area contributed by atoms with E-state index < -0.39 is 13.7 Å². The third kappa shape index (κ3) is 2.48. The monoisotopic (exact) mass is 265 g/mol. The van der Waals surface area contributed by atoms with E-state index in [1.807, 2.05) is 24.3 Å². The largest absolute Gasteiger partial charge is 0.256 e. The molecule has 1 nitrogen and oxygen atoms in total. The van der Waals surface area contributed by atoms with Gasteiger partial charge in [0.25, 0.3) is 0 Å². The van der Waals surface area contributed by atoms with Gasteiger partial charge in [-0.2, -0.15) is 0 Å². The molecule has 3 aromatic rings. The van der Waals surface area contributed by atoms with Crippen LogP contribution in [0.3, 0.4) is 0 Å². The van der Waals surface area contributed by atoms with Crippen molar-refractivity contribution in [2.75, 3.05) is 0 Å². The first-order valence-electron chi connectivity index (χ1n) is 9.33. The van der Waals surface area contributed by atoms with Crippen molar-refractivity contribution in [3.8, 4) is 22.4 Å². The third-order valence-corrected chi connectivity index (χ3v) is 3.16. The topological polar surface area (TPSA) is 12.9 Å². The normalized spacial score (nSPS) is 16.2. The van der Waals surface area contributed by atoms with Crippen molar-refractivity contribution in [3.05, 3.63) is 78.0 Å². The summed E-state index contributed by atoms with van der Waals surface area (Å²) in [5.41, 5.74) is 3.32. The molecule has 0 atom stereocenters. The maximum atomic E-state index is 7.73. The van der Waals surface area contributed by atoms with Crippen molar-refractivity contribution in [1.29, 1.82) is 0 Å². The Morgan fingerprint density at radius 2 is 1.75 bits per heavy atom. The number of pyridine rings is 1. The van der Waals surface area contributed by atoms with Crippen LogP contribution in [0.2, 0.25) is 0 Å². The van der Waals surface area contributed by atoms with Gasteiger partial charge in [0.15, 0.2) is 0 Å². The second-order valence-electron chi connectivity index (χ2n) is 4.56. The Morgan fingerprint density at radius 3 is 2.55 bits per heavy atom. The summed E-state index contributed by atoms with van der Waals surface area (Å²) in [5, 5.41) is 0. The van der Waals surface area contributed by atoms with E-state index in [0.717, 1.165) is 11.1 Å². The minimum absolute atomic E-state index is 0.185. The highest BCUT2D eigenvalue weighted by Gasteiger charge is 2.04. The van der Waals surface area contributed by atoms with Gasteiger partial charge in [0, 0.05) is 20.0 Å². The molecule has 0 saturated heterocycles. The van der Waals surface area contributed by atoms with Crippen molar-refractivity contribution < 1.29 is 8.22 Å². The summed E-state index contributed by atoms with van der Waals surface area (Å²) >= 11 is 0. The van der Waals surface area contributed by atoms with Gasteiger partial charge in [-0.1, -0.05) is 48.5 Å². The highest BCUT2D eigenvalue weighted by Crippen LogP contribution is 2.27. The molecule has 0 aliphatic rings. The number of nitrogens with zero attached hydrogens (tertiary/aromatic N) is 1. The lowest BCUT2D eigenvalue weighted by molar-refractivity contribution is 1.27. The summed E-state index contributed by atoms with van der Waals surface area (Å²) in [6.45, 7) is -4.39. The molecular formula is C19H17N. The molecular weight excluding hydrogens is 242 g/mol. The number of hydrogen-bond acceptors (Lipinski definition) is 1. The molecule has 0 saturated carbocycles. The van der Waals surface area contributed by atoms with Gasteiger partial charge in [-0.05, 0) is 48.1 Å². The summed E-state index contributed by atoms with van der Waals surface area (Å²) in [7, 11) is 0. The molecule has 0 fully saturated rings. The molecule has 0 radical (unpaired) electrons. The second-order valence-corrected chi connectivity index (χ2v) is 4.56. The highest BCUT2D eigenvalue weighted by molar-refractivity contribution is 5.73. The van der Waals surface area contributed by atoms with Crippen LogP contribution in [0, 0.1) is 13.7 Å². The van der Waals surface area contributed by atoms with Crippen LogP contribution in [-0.2, 0) is 0 Å². The predicted octanol–water partition coefficient (Wildman–Crippen LogP) is 5.03. The van der Waals surface area contributed by atoms with Crippen LogP contribution in [0.1, 0.15) is 19.4 Å². The van der Waals surface area contributed by atoms with E-state index >= 15 is 0 Å². The van der Waals surface area contributed by atoms with Gasteiger partial charge in [-0.25, -0.2) is 0 Å². The minimum Gasteiger partial charge on any atom is -0.256 e. The minimum atomic E-state index is -2.20. The van der Waals surface area contributed by atoms with E-state index in [9.17, 15) is 0 Å². The number of aromatic nitrogens is 1. The molecule has 0 N–H and O–H groups in total. The molecule has 2 aromatic carbocycles. The maximum Gasteiger partial charge on any atom is 0.0702 e. The maximum absolute atomic E-state index is 7.73. The average molecular weight is 265 g/mol. The van der Waals surface area contributed by atoms with Gasteiger partial charge < -0.3 is 0 Å². The molecule has 0 spiro atoms. The molecule has 0 bridgehead atoms. The first-order chi connectivity index (χ1) is 12.2. The molecule has 1 heteroatoms. The van der Waals surface area contributed by atoms with Gasteiger partial charge in [0.05, 0.1) is 5.69 Å². The quantitative estimate of drug-likeness (QED) is 0.633. The Morgan fingerprint density at radius 1 is 0.850 bits per heavy atom. The predicted molar refractivity (Wildman–Crippen MR) is 84.6 cm³/mol. The molecule has 0 amide bonds. The van der Waals surface area contributed by atoms with E-state index in [4.69, 9.17) is 8.22 Å². The van der Waals surface area contributed by atoms with Crippen LogP contribution >= 0.6 is 0 Å². The van der Waals surface area contributed by atoms with Crippen LogP contribution in [0.15, 0.2) is 66.9 Å². The fourth-order valence-corrected chi connectivity index (χ4v) is 2.15. The van der Waals surface area contributed by atoms with Crippen LogP contribution in [0.4, 0.5) is 0 Å². The van der Waals surface area contributed by atoms with Crippen LogP contribution < -0.4 is 0 Å². The lowest BCUT2D eigenvalue weighted by Gasteiger charge is -2.08. The fourth-order valence-electron chi connectivity index (χ4n) is 2.15. The standard InChI is InChI=1S/C19H17N/c1-14-10-11-19(20-13-14)17-8-5-7-16(12-17)18-9-4-3-6-15(18)2/h3-13H,1-2H3/i1D3,2D3. The second kappa shape index (κ2) is 5.30. The van der Waals surface area contributed by atoms with Gasteiger partial charge in [0.1, 0.15) is 0 Å². The Labute approximate surface area is 128 Å². The van der Waals surface area contributed by atoms with Crippen LogP contribution in [0.5, 0.6) is 0 Å². The SMILES string of the molecule is [2H]C([2H])([2H])c1ccc(-c2cccc(-c3ccccc3C([2H])([2H])[2H])c2)nc1. The molecule has 3 rings (SSSR count).